The van der Waals surface area contributed by atoms with Crippen molar-refractivity contribution < 1.29 is 14.1 Å². The Morgan fingerprint density at radius 1 is 1.39 bits per heavy atom. The Labute approximate surface area is 184 Å². The van der Waals surface area contributed by atoms with Crippen LogP contribution in [0.25, 0.3) is 0 Å². The van der Waals surface area contributed by atoms with Crippen molar-refractivity contribution >= 4 is 36.0 Å². The number of carbonyl (C=O) groups is 1. The maximum Gasteiger partial charge on any atom is 0.407 e. The smallest absolute Gasteiger partial charge is 0.407 e. The number of guanidine groups is 1. The monoisotopic (exact) mass is 507 g/mol. The Morgan fingerprint density at radius 2 is 2.11 bits per heavy atom. The number of carbonyl (C=O) groups excluding carboxylic acids is 1. The molecule has 28 heavy (non-hydrogen) atoms. The quantitative estimate of drug-likeness (QED) is 0.276. The van der Waals surface area contributed by atoms with Crippen LogP contribution in [0.4, 0.5) is 4.79 Å². The van der Waals surface area contributed by atoms with E-state index in [1.54, 1.807) is 7.05 Å². The molecule has 0 saturated carbocycles. The van der Waals surface area contributed by atoms with Gasteiger partial charge in [0.2, 0.25) is 0 Å². The van der Waals surface area contributed by atoms with Crippen LogP contribution in [0, 0.1) is 13.8 Å². The van der Waals surface area contributed by atoms with Crippen molar-refractivity contribution in [2.24, 2.45) is 4.99 Å². The van der Waals surface area contributed by atoms with E-state index in [-0.39, 0.29) is 36.1 Å². The number of alkyl carbamates (subject to hydrolysis) is 1. The minimum Gasteiger partial charge on any atom is -0.444 e. The number of ether oxygens (including phenoxy) is 1. The Kier molecular flexibility index (Phi) is 9.52. The molecule has 8 nitrogen and oxygen atoms in total. The number of likely N-dealkylation sites (tertiary alicyclic amines) is 1. The first-order valence-electron chi connectivity index (χ1n) is 9.56. The van der Waals surface area contributed by atoms with E-state index < -0.39 is 5.60 Å². The average Bonchev–Trinajstić information content (AvgIpc) is 3.14. The molecule has 1 aliphatic rings. The van der Waals surface area contributed by atoms with Crippen LogP contribution in [0.15, 0.2) is 9.52 Å². The maximum atomic E-state index is 11.9. The molecule has 160 valence electrons. The highest BCUT2D eigenvalue weighted by Gasteiger charge is 2.27. The van der Waals surface area contributed by atoms with Crippen molar-refractivity contribution in [3.63, 3.8) is 0 Å². The van der Waals surface area contributed by atoms with E-state index in [4.69, 9.17) is 9.26 Å². The lowest BCUT2D eigenvalue weighted by atomic mass is 10.1. The van der Waals surface area contributed by atoms with Gasteiger partial charge in [-0.1, -0.05) is 5.16 Å². The molecule has 1 aromatic rings. The molecule has 0 aromatic carbocycles. The predicted molar refractivity (Wildman–Crippen MR) is 120 cm³/mol. The number of aliphatic imine (C=N–C) groups is 1. The number of nitrogens with zero attached hydrogens (tertiary/aromatic N) is 3. The van der Waals surface area contributed by atoms with Crippen LogP contribution >= 0.6 is 24.0 Å². The summed E-state index contributed by atoms with van der Waals surface area (Å²) < 4.78 is 10.5. The van der Waals surface area contributed by atoms with E-state index in [1.165, 1.54) is 5.56 Å². The fraction of sp³-hybridized carbons (Fsp3) is 0.737. The highest BCUT2D eigenvalue weighted by atomic mass is 127. The molecular weight excluding hydrogens is 473 g/mol. The lowest BCUT2D eigenvalue weighted by Crippen LogP contribution is -2.44. The second-order valence-corrected chi connectivity index (χ2v) is 7.96. The van der Waals surface area contributed by atoms with Crippen molar-refractivity contribution in [1.82, 2.24) is 20.7 Å². The minimum absolute atomic E-state index is 0. The SMILES string of the molecule is CN=C(NCCCc1c(C)noc1C)N1CC[C@@H](NC(=O)OC(C)(C)C)C1.I. The molecule has 1 atom stereocenters. The Hall–Kier alpha value is -1.52. The van der Waals surface area contributed by atoms with Gasteiger partial charge >= 0.3 is 6.09 Å². The van der Waals surface area contributed by atoms with Gasteiger partial charge in [0.05, 0.1) is 11.7 Å². The molecule has 1 aliphatic heterocycles. The standard InChI is InChI=1S/C19H33N5O3.HI/c1-13-16(14(2)27-23-13)8-7-10-21-17(20-6)24-11-9-15(12-24)22-18(25)26-19(3,4)5;/h15H,7-12H2,1-6H3,(H,20,21)(H,22,25);1H/t15-;/m1./s1. The van der Waals surface area contributed by atoms with Crippen molar-refractivity contribution in [3.8, 4) is 0 Å². The van der Waals surface area contributed by atoms with Crippen LogP contribution in [0.2, 0.25) is 0 Å². The van der Waals surface area contributed by atoms with Crippen LogP contribution < -0.4 is 10.6 Å². The third-order valence-electron chi connectivity index (χ3n) is 4.49. The highest BCUT2D eigenvalue weighted by Crippen LogP contribution is 2.14. The van der Waals surface area contributed by atoms with Gasteiger partial charge in [-0.2, -0.15) is 0 Å². The molecular formula is C19H34IN5O3. The molecule has 1 fully saturated rings. The molecule has 1 aromatic heterocycles. The second-order valence-electron chi connectivity index (χ2n) is 7.96. The Morgan fingerprint density at radius 3 is 2.68 bits per heavy atom. The molecule has 0 spiro atoms. The molecule has 2 heterocycles. The zero-order chi connectivity index (χ0) is 20.0. The summed E-state index contributed by atoms with van der Waals surface area (Å²) in [4.78, 5) is 18.5. The number of amides is 1. The first kappa shape index (κ1) is 24.5. The number of hydrogen-bond donors (Lipinski definition) is 2. The molecule has 0 unspecified atom stereocenters. The van der Waals surface area contributed by atoms with Crippen molar-refractivity contribution in [1.29, 1.82) is 0 Å². The summed E-state index contributed by atoms with van der Waals surface area (Å²) in [5, 5.41) is 10.3. The van der Waals surface area contributed by atoms with Gasteiger partial charge in [0.1, 0.15) is 11.4 Å². The largest absolute Gasteiger partial charge is 0.444 e. The zero-order valence-electron chi connectivity index (χ0n) is 17.8. The first-order valence-corrected chi connectivity index (χ1v) is 9.56. The summed E-state index contributed by atoms with van der Waals surface area (Å²) in [6.45, 7) is 11.9. The summed E-state index contributed by atoms with van der Waals surface area (Å²) >= 11 is 0. The lowest BCUT2D eigenvalue weighted by Gasteiger charge is -2.23. The van der Waals surface area contributed by atoms with Crippen LogP contribution in [-0.4, -0.2) is 60.4 Å². The molecule has 0 aliphatic carbocycles. The topological polar surface area (TPSA) is 92.0 Å². The third kappa shape index (κ3) is 7.48. The van der Waals surface area contributed by atoms with Crippen LogP contribution in [0.1, 0.15) is 50.6 Å². The van der Waals surface area contributed by atoms with E-state index in [2.05, 4.69) is 25.7 Å². The molecule has 1 saturated heterocycles. The highest BCUT2D eigenvalue weighted by molar-refractivity contribution is 14.0. The Balaban J connectivity index is 0.00000392. The van der Waals surface area contributed by atoms with E-state index in [0.717, 1.165) is 56.3 Å². The van der Waals surface area contributed by atoms with Crippen molar-refractivity contribution in [2.75, 3.05) is 26.7 Å². The van der Waals surface area contributed by atoms with Crippen LogP contribution in [0.3, 0.4) is 0 Å². The number of halogens is 1. The van der Waals surface area contributed by atoms with E-state index in [0.29, 0.717) is 0 Å². The van der Waals surface area contributed by atoms with Gasteiger partial charge < -0.3 is 24.8 Å². The lowest BCUT2D eigenvalue weighted by molar-refractivity contribution is 0.0507. The number of rotatable bonds is 5. The van der Waals surface area contributed by atoms with Gasteiger partial charge in [0, 0.05) is 32.2 Å². The van der Waals surface area contributed by atoms with Gasteiger partial charge in [-0.05, 0) is 53.9 Å². The first-order chi connectivity index (χ1) is 12.7. The predicted octanol–water partition coefficient (Wildman–Crippen LogP) is 3.02. The van der Waals surface area contributed by atoms with Gasteiger partial charge in [0.15, 0.2) is 5.96 Å². The van der Waals surface area contributed by atoms with Crippen molar-refractivity contribution in [3.05, 3.63) is 17.0 Å². The third-order valence-corrected chi connectivity index (χ3v) is 4.49. The van der Waals surface area contributed by atoms with E-state index in [1.807, 2.05) is 34.6 Å². The fourth-order valence-electron chi connectivity index (χ4n) is 3.20. The van der Waals surface area contributed by atoms with Gasteiger partial charge in [-0.25, -0.2) is 4.79 Å². The number of hydrogen-bond acceptors (Lipinski definition) is 5. The summed E-state index contributed by atoms with van der Waals surface area (Å²) in [5.41, 5.74) is 1.67. The van der Waals surface area contributed by atoms with Gasteiger partial charge in [-0.3, -0.25) is 4.99 Å². The summed E-state index contributed by atoms with van der Waals surface area (Å²) in [6.07, 6.45) is 2.40. The molecule has 0 radical (unpaired) electrons. The van der Waals surface area contributed by atoms with Crippen LogP contribution in [-0.2, 0) is 11.2 Å². The molecule has 1 amide bonds. The number of aromatic nitrogens is 1. The van der Waals surface area contributed by atoms with Gasteiger partial charge in [-0.15, -0.1) is 24.0 Å². The fourth-order valence-corrected chi connectivity index (χ4v) is 3.20. The normalized spacial score (nSPS) is 17.3. The summed E-state index contributed by atoms with van der Waals surface area (Å²) in [5.74, 6) is 1.76. The zero-order valence-corrected chi connectivity index (χ0v) is 20.1. The maximum absolute atomic E-state index is 11.9. The molecule has 0 bridgehead atoms. The minimum atomic E-state index is -0.485. The van der Waals surface area contributed by atoms with Crippen LogP contribution in [0.5, 0.6) is 0 Å². The average molecular weight is 507 g/mol. The summed E-state index contributed by atoms with van der Waals surface area (Å²) in [6, 6.07) is 0.0701. The number of nitrogens with one attached hydrogen (secondary N) is 2. The van der Waals surface area contributed by atoms with Gasteiger partial charge in [0.25, 0.3) is 0 Å². The molecule has 2 N–H and O–H groups in total. The Bertz CT molecular complexity index is 650. The van der Waals surface area contributed by atoms with E-state index >= 15 is 0 Å². The summed E-state index contributed by atoms with van der Waals surface area (Å²) in [7, 11) is 1.78. The number of aryl methyl sites for hydroxylation is 2. The van der Waals surface area contributed by atoms with Crippen molar-refractivity contribution in [2.45, 2.75) is 65.5 Å². The van der Waals surface area contributed by atoms with E-state index in [9.17, 15) is 4.79 Å². The second kappa shape index (κ2) is 10.9. The molecule has 2 rings (SSSR count). The molecule has 9 heteroatoms.